The lowest BCUT2D eigenvalue weighted by Gasteiger charge is -2.08. The second kappa shape index (κ2) is 7.28. The number of hydrogen-bond acceptors (Lipinski definition) is 6. The summed E-state index contributed by atoms with van der Waals surface area (Å²) in [7, 11) is 4.12. The zero-order valence-electron chi connectivity index (χ0n) is 11.6. The van der Waals surface area contributed by atoms with Crippen molar-refractivity contribution in [2.45, 2.75) is 12.8 Å². The molecule has 0 aliphatic heterocycles. The van der Waals surface area contributed by atoms with E-state index in [-0.39, 0.29) is 12.2 Å². The molecule has 0 unspecified atom stereocenters. The molecule has 6 heteroatoms. The lowest BCUT2D eigenvalue weighted by Crippen LogP contribution is -2.13. The summed E-state index contributed by atoms with van der Waals surface area (Å²) in [5, 5.41) is 0. The minimum absolute atomic E-state index is 0.320. The minimum atomic E-state index is -0.657. The molecule has 0 atom stereocenters. The Morgan fingerprint density at radius 3 is 2.15 bits per heavy atom. The van der Waals surface area contributed by atoms with Crippen molar-refractivity contribution >= 4 is 17.5 Å². The Morgan fingerprint density at radius 1 is 0.950 bits per heavy atom. The highest BCUT2D eigenvalue weighted by molar-refractivity contribution is 6.11. The average molecular weight is 280 g/mol. The third kappa shape index (κ3) is 4.08. The van der Waals surface area contributed by atoms with Gasteiger partial charge in [0.2, 0.25) is 0 Å². The van der Waals surface area contributed by atoms with Gasteiger partial charge in [-0.05, 0) is 18.2 Å². The van der Waals surface area contributed by atoms with E-state index in [0.29, 0.717) is 17.1 Å². The lowest BCUT2D eigenvalue weighted by atomic mass is 10.0. The fourth-order valence-corrected chi connectivity index (χ4v) is 1.59. The molecule has 0 spiro atoms. The number of Topliss-reactive ketones (excluding diaryl/α,β-unsaturated/α-hetero) is 2. The van der Waals surface area contributed by atoms with E-state index in [9.17, 15) is 14.4 Å². The van der Waals surface area contributed by atoms with Crippen molar-refractivity contribution < 1.29 is 28.6 Å². The van der Waals surface area contributed by atoms with Crippen LogP contribution in [0.4, 0.5) is 0 Å². The summed E-state index contributed by atoms with van der Waals surface area (Å²) in [4.78, 5) is 34.4. The van der Waals surface area contributed by atoms with Crippen LogP contribution >= 0.6 is 0 Å². The zero-order valence-corrected chi connectivity index (χ0v) is 11.6. The largest absolute Gasteiger partial charge is 0.493 e. The number of hydrogen-bond donors (Lipinski definition) is 0. The molecular weight excluding hydrogens is 264 g/mol. The van der Waals surface area contributed by atoms with Gasteiger partial charge in [0.05, 0.1) is 27.8 Å². The van der Waals surface area contributed by atoms with E-state index in [1.54, 1.807) is 6.07 Å². The second-order valence-electron chi connectivity index (χ2n) is 3.96. The third-order valence-electron chi connectivity index (χ3n) is 2.63. The van der Waals surface area contributed by atoms with Crippen molar-refractivity contribution in [1.29, 1.82) is 0 Å². The van der Waals surface area contributed by atoms with Gasteiger partial charge in [-0.3, -0.25) is 14.4 Å². The molecule has 1 rings (SSSR count). The van der Waals surface area contributed by atoms with Gasteiger partial charge in [-0.25, -0.2) is 0 Å². The number of ketones is 2. The Hall–Kier alpha value is -2.37. The smallest absolute Gasteiger partial charge is 0.313 e. The van der Waals surface area contributed by atoms with Gasteiger partial charge in [0.15, 0.2) is 23.1 Å². The Kier molecular flexibility index (Phi) is 5.71. The van der Waals surface area contributed by atoms with E-state index in [2.05, 4.69) is 4.74 Å². The standard InChI is InChI=1S/C14H16O6/c1-18-12-5-4-9(6-13(12)19-2)11(16)7-10(15)8-14(17)20-3/h4-6H,7-8H2,1-3H3. The van der Waals surface area contributed by atoms with Gasteiger partial charge in [0.25, 0.3) is 0 Å². The molecule has 0 saturated carbocycles. The van der Waals surface area contributed by atoms with Gasteiger partial charge >= 0.3 is 5.97 Å². The molecule has 0 heterocycles. The number of rotatable bonds is 7. The molecule has 0 N–H and O–H groups in total. The summed E-state index contributed by atoms with van der Waals surface area (Å²) in [5.41, 5.74) is 0.320. The van der Waals surface area contributed by atoms with Crippen LogP contribution in [0.1, 0.15) is 23.2 Å². The average Bonchev–Trinajstić information content (AvgIpc) is 2.45. The molecule has 1 aromatic carbocycles. The van der Waals surface area contributed by atoms with Crippen molar-refractivity contribution in [2.24, 2.45) is 0 Å². The molecule has 108 valence electrons. The van der Waals surface area contributed by atoms with Crippen LogP contribution in [-0.4, -0.2) is 38.9 Å². The summed E-state index contributed by atoms with van der Waals surface area (Å²) in [6, 6.07) is 4.61. The SMILES string of the molecule is COC(=O)CC(=O)CC(=O)c1ccc(OC)c(OC)c1. The van der Waals surface area contributed by atoms with E-state index in [1.807, 2.05) is 0 Å². The van der Waals surface area contributed by atoms with Crippen molar-refractivity contribution in [3.63, 3.8) is 0 Å². The highest BCUT2D eigenvalue weighted by Crippen LogP contribution is 2.28. The Morgan fingerprint density at radius 2 is 1.60 bits per heavy atom. The molecule has 6 nitrogen and oxygen atoms in total. The molecule has 0 bridgehead atoms. The Balaban J connectivity index is 2.77. The first-order valence-corrected chi connectivity index (χ1v) is 5.85. The molecule has 0 aliphatic rings. The van der Waals surface area contributed by atoms with Gasteiger partial charge in [-0.1, -0.05) is 0 Å². The molecule has 0 radical (unpaired) electrons. The Labute approximate surface area is 116 Å². The number of carbonyl (C=O) groups is 3. The van der Waals surface area contributed by atoms with Crippen molar-refractivity contribution in [2.75, 3.05) is 21.3 Å². The van der Waals surface area contributed by atoms with E-state index < -0.39 is 18.2 Å². The molecular formula is C14H16O6. The number of methoxy groups -OCH3 is 3. The van der Waals surface area contributed by atoms with Gasteiger partial charge in [0, 0.05) is 5.56 Å². The first kappa shape index (κ1) is 15.7. The van der Waals surface area contributed by atoms with Crippen LogP contribution in [0.25, 0.3) is 0 Å². The van der Waals surface area contributed by atoms with E-state index in [4.69, 9.17) is 9.47 Å². The van der Waals surface area contributed by atoms with Crippen LogP contribution in [0.15, 0.2) is 18.2 Å². The first-order chi connectivity index (χ1) is 9.51. The monoisotopic (exact) mass is 280 g/mol. The summed E-state index contributed by atoms with van der Waals surface area (Å²) < 4.78 is 14.5. The van der Waals surface area contributed by atoms with E-state index in [1.165, 1.54) is 33.5 Å². The summed E-state index contributed by atoms with van der Waals surface area (Å²) in [6.07, 6.45) is -0.764. The predicted octanol–water partition coefficient (Wildman–Crippen LogP) is 1.41. The van der Waals surface area contributed by atoms with Gasteiger partial charge < -0.3 is 14.2 Å². The number of carbonyl (C=O) groups excluding carboxylic acids is 3. The maximum atomic E-state index is 11.9. The fourth-order valence-electron chi connectivity index (χ4n) is 1.59. The summed E-state index contributed by atoms with van der Waals surface area (Å²) in [5.74, 6) is -0.643. The topological polar surface area (TPSA) is 78.9 Å². The molecule has 0 fully saturated rings. The summed E-state index contributed by atoms with van der Waals surface area (Å²) in [6.45, 7) is 0. The van der Waals surface area contributed by atoms with Crippen molar-refractivity contribution in [3.8, 4) is 11.5 Å². The van der Waals surface area contributed by atoms with Crippen LogP contribution < -0.4 is 9.47 Å². The third-order valence-corrected chi connectivity index (χ3v) is 2.63. The fraction of sp³-hybridized carbons (Fsp3) is 0.357. The maximum Gasteiger partial charge on any atom is 0.313 e. The first-order valence-electron chi connectivity index (χ1n) is 5.85. The van der Waals surface area contributed by atoms with Crippen LogP contribution in [0, 0.1) is 0 Å². The van der Waals surface area contributed by atoms with E-state index >= 15 is 0 Å². The molecule has 0 aliphatic carbocycles. The number of benzene rings is 1. The molecule has 20 heavy (non-hydrogen) atoms. The number of esters is 1. The van der Waals surface area contributed by atoms with Crippen LogP contribution in [-0.2, 0) is 14.3 Å². The quantitative estimate of drug-likeness (QED) is 0.427. The second-order valence-corrected chi connectivity index (χ2v) is 3.96. The van der Waals surface area contributed by atoms with Crippen LogP contribution in [0.5, 0.6) is 11.5 Å². The minimum Gasteiger partial charge on any atom is -0.493 e. The zero-order chi connectivity index (χ0) is 15.1. The van der Waals surface area contributed by atoms with Crippen LogP contribution in [0.3, 0.4) is 0 Å². The van der Waals surface area contributed by atoms with Gasteiger partial charge in [-0.15, -0.1) is 0 Å². The molecule has 0 saturated heterocycles. The van der Waals surface area contributed by atoms with Crippen LogP contribution in [0.2, 0.25) is 0 Å². The maximum absolute atomic E-state index is 11.9. The molecule has 0 amide bonds. The van der Waals surface area contributed by atoms with Crippen molar-refractivity contribution in [1.82, 2.24) is 0 Å². The Bertz CT molecular complexity index is 520. The lowest BCUT2D eigenvalue weighted by molar-refractivity contribution is -0.143. The van der Waals surface area contributed by atoms with Gasteiger partial charge in [0.1, 0.15) is 6.42 Å². The summed E-state index contributed by atoms with van der Waals surface area (Å²) >= 11 is 0. The normalized spacial score (nSPS) is 9.75. The van der Waals surface area contributed by atoms with Crippen molar-refractivity contribution in [3.05, 3.63) is 23.8 Å². The molecule has 0 aromatic heterocycles. The van der Waals surface area contributed by atoms with E-state index in [0.717, 1.165) is 0 Å². The number of ether oxygens (including phenoxy) is 3. The predicted molar refractivity (Wildman–Crippen MR) is 70.1 cm³/mol. The highest BCUT2D eigenvalue weighted by Gasteiger charge is 2.17. The van der Waals surface area contributed by atoms with Gasteiger partial charge in [-0.2, -0.15) is 0 Å². The molecule has 1 aromatic rings. The highest BCUT2D eigenvalue weighted by atomic mass is 16.5.